The van der Waals surface area contributed by atoms with E-state index in [1.54, 1.807) is 0 Å². The van der Waals surface area contributed by atoms with E-state index in [2.05, 4.69) is 289 Å². The molecule has 17 rings (SSSR count). The van der Waals surface area contributed by atoms with Gasteiger partial charge in [-0.1, -0.05) is 261 Å². The van der Waals surface area contributed by atoms with Crippen LogP contribution in [-0.4, -0.2) is 6.71 Å². The third-order valence-electron chi connectivity index (χ3n) is 17.2. The lowest BCUT2D eigenvalue weighted by molar-refractivity contribution is 0.669. The van der Waals surface area contributed by atoms with Crippen molar-refractivity contribution in [1.29, 1.82) is 0 Å². The fraction of sp³-hybridized carbons (Fsp3) is 0. The van der Waals surface area contributed by atoms with Gasteiger partial charge in [-0.25, -0.2) is 0 Å². The Morgan fingerprint density at radius 1 is 0.277 bits per heavy atom. The highest BCUT2D eigenvalue weighted by Crippen LogP contribution is 2.53. The van der Waals surface area contributed by atoms with Gasteiger partial charge in [-0.05, 0) is 86.2 Å². The van der Waals surface area contributed by atoms with Crippen molar-refractivity contribution in [3.05, 3.63) is 297 Å². The number of hydrogen-bond donors (Lipinski definition) is 0. The normalized spacial score (nSPS) is 12.7. The average molecular weight is 1060 g/mol. The summed E-state index contributed by atoms with van der Waals surface area (Å²) in [6.45, 7) is -0.328. The van der Waals surface area contributed by atoms with E-state index in [4.69, 9.17) is 8.83 Å². The van der Waals surface area contributed by atoms with Gasteiger partial charge in [0.1, 0.15) is 22.3 Å². The van der Waals surface area contributed by atoms with Crippen LogP contribution in [0, 0.1) is 0 Å². The van der Waals surface area contributed by atoms with Crippen LogP contribution in [-0.2, 0) is 0 Å². The molecule has 13 aromatic carbocycles. The van der Waals surface area contributed by atoms with Crippen molar-refractivity contribution in [2.24, 2.45) is 0 Å². The number of hydrogen-bond acceptors (Lipinski definition) is 4. The summed E-state index contributed by atoms with van der Waals surface area (Å²) in [5.41, 5.74) is 25.7. The molecular formula is C78H49BN2O2. The highest BCUT2D eigenvalue weighted by Gasteiger charge is 2.45. The van der Waals surface area contributed by atoms with Crippen molar-refractivity contribution in [3.8, 4) is 66.8 Å². The van der Waals surface area contributed by atoms with E-state index in [0.717, 1.165) is 161 Å². The maximum Gasteiger partial charge on any atom is 0.252 e. The molecule has 0 fully saturated rings. The van der Waals surface area contributed by atoms with Gasteiger partial charge in [0.25, 0.3) is 6.71 Å². The minimum atomic E-state index is -0.328. The first-order valence-corrected chi connectivity index (χ1v) is 28.4. The number of benzene rings is 13. The minimum Gasteiger partial charge on any atom is -0.455 e. The number of para-hydroxylation sites is 6. The molecule has 15 aromatic rings. The first-order valence-electron chi connectivity index (χ1n) is 28.9. The maximum atomic E-state index is 10.2. The van der Waals surface area contributed by atoms with E-state index < -0.39 is 0 Å². The molecule has 4 heterocycles. The van der Waals surface area contributed by atoms with Gasteiger partial charge in [0.15, 0.2) is 0 Å². The van der Waals surface area contributed by atoms with Crippen LogP contribution in [0.4, 0.5) is 34.1 Å². The summed E-state index contributed by atoms with van der Waals surface area (Å²) in [6.07, 6.45) is 0. The highest BCUT2D eigenvalue weighted by atomic mass is 16.3. The standard InChI is InChI=1S/C78H49BN2O2/c1-5-22-50(23-6-1)56-32-17-33-57(51-24-7-2-8-25-51)75(56)80-68-46-44-54(60-36-19-38-64-62-30-13-15-42-72(62)82-77(60)64)48-66(68)79-67-49-55(61-37-20-39-65-63-31-14-16-43-73(63)83-78(61)65)45-47-69(67)81(71-41-21-40-70(80)74(71)79)76-58(52-26-9-3-10-27-52)34-18-35-59(76)53-28-11-4-12-29-53/h1-49H/i21D. The van der Waals surface area contributed by atoms with Crippen molar-refractivity contribution in [2.75, 3.05) is 9.80 Å². The van der Waals surface area contributed by atoms with Crippen LogP contribution in [0.3, 0.4) is 0 Å². The van der Waals surface area contributed by atoms with Crippen LogP contribution in [0.1, 0.15) is 1.37 Å². The molecule has 2 aromatic heterocycles. The van der Waals surface area contributed by atoms with Crippen LogP contribution in [0.25, 0.3) is 111 Å². The molecule has 0 unspecified atom stereocenters. The van der Waals surface area contributed by atoms with Gasteiger partial charge in [0, 0.05) is 77.7 Å². The second kappa shape index (κ2) is 18.9. The van der Waals surface area contributed by atoms with Gasteiger partial charge >= 0.3 is 0 Å². The van der Waals surface area contributed by atoms with E-state index >= 15 is 0 Å². The van der Waals surface area contributed by atoms with Crippen molar-refractivity contribution in [1.82, 2.24) is 0 Å². The van der Waals surface area contributed by atoms with Crippen molar-refractivity contribution < 1.29 is 10.2 Å². The number of nitrogens with zero attached hydrogens (tertiary/aromatic N) is 2. The van der Waals surface area contributed by atoms with Crippen molar-refractivity contribution in [3.63, 3.8) is 0 Å². The monoisotopic (exact) mass is 1060 g/mol. The molecule has 386 valence electrons. The molecule has 0 amide bonds. The molecule has 0 saturated carbocycles. The maximum absolute atomic E-state index is 10.2. The Kier molecular flexibility index (Phi) is 10.4. The van der Waals surface area contributed by atoms with E-state index in [1.807, 2.05) is 12.1 Å². The molecule has 4 nitrogen and oxygen atoms in total. The summed E-state index contributed by atoms with van der Waals surface area (Å²) < 4.78 is 23.9. The molecule has 0 radical (unpaired) electrons. The molecule has 0 bridgehead atoms. The first-order chi connectivity index (χ1) is 41.6. The SMILES string of the molecule is [2H]c1cc2c3c(c1)N(c1c(-c4ccccc4)cccc1-c1ccccc1)c1ccc(-c4cccc5c4oc4ccccc45)cc1B3c1cc(-c3cccc4c3oc3ccccc34)ccc1N2c1c(-c2ccccc2)cccc1-c1ccccc1. The Labute approximate surface area is 482 Å². The third kappa shape index (κ3) is 7.34. The molecule has 83 heavy (non-hydrogen) atoms. The summed E-state index contributed by atoms with van der Waals surface area (Å²) >= 11 is 0. The van der Waals surface area contributed by atoms with Crippen LogP contribution in [0.5, 0.6) is 0 Å². The van der Waals surface area contributed by atoms with Crippen molar-refractivity contribution in [2.45, 2.75) is 0 Å². The Morgan fingerprint density at radius 3 is 1.01 bits per heavy atom. The first kappa shape index (κ1) is 45.9. The number of anilines is 6. The van der Waals surface area contributed by atoms with Crippen LogP contribution in [0.15, 0.2) is 306 Å². The Morgan fingerprint density at radius 2 is 0.614 bits per heavy atom. The molecule has 5 heteroatoms. The molecule has 2 aliphatic heterocycles. The molecular weight excluding hydrogens is 1010 g/mol. The zero-order valence-electron chi connectivity index (χ0n) is 46.0. The lowest BCUT2D eigenvalue weighted by Gasteiger charge is -2.45. The fourth-order valence-electron chi connectivity index (χ4n) is 13.6. The minimum absolute atomic E-state index is 0.328. The summed E-state index contributed by atoms with van der Waals surface area (Å²) in [7, 11) is 0. The quantitative estimate of drug-likeness (QED) is 0.142. The van der Waals surface area contributed by atoms with E-state index in [0.29, 0.717) is 6.04 Å². The van der Waals surface area contributed by atoms with Gasteiger partial charge in [-0.3, -0.25) is 0 Å². The topological polar surface area (TPSA) is 32.8 Å². The van der Waals surface area contributed by atoms with Gasteiger partial charge in [0.2, 0.25) is 0 Å². The second-order valence-electron chi connectivity index (χ2n) is 21.7. The number of rotatable bonds is 8. The smallest absolute Gasteiger partial charge is 0.252 e. The average Bonchev–Trinajstić information content (AvgIpc) is 1.15. The summed E-state index contributed by atoms with van der Waals surface area (Å²) in [4.78, 5) is 4.98. The molecule has 0 aliphatic carbocycles. The molecule has 0 spiro atoms. The van der Waals surface area contributed by atoms with Gasteiger partial charge in [-0.15, -0.1) is 0 Å². The molecule has 0 saturated heterocycles. The van der Waals surface area contributed by atoms with E-state index in [-0.39, 0.29) is 6.71 Å². The predicted octanol–water partition coefficient (Wildman–Crippen LogP) is 19.6. The Balaban J connectivity index is 1.02. The van der Waals surface area contributed by atoms with Gasteiger partial charge < -0.3 is 18.6 Å². The fourth-order valence-corrected chi connectivity index (χ4v) is 13.6. The summed E-state index contributed by atoms with van der Waals surface area (Å²) in [6, 6.07) is 105. The van der Waals surface area contributed by atoms with Crippen LogP contribution < -0.4 is 26.2 Å². The zero-order valence-corrected chi connectivity index (χ0v) is 45.0. The zero-order chi connectivity index (χ0) is 55.4. The summed E-state index contributed by atoms with van der Waals surface area (Å²) in [5, 5.41) is 4.34. The highest BCUT2D eigenvalue weighted by molar-refractivity contribution is 7.00. The van der Waals surface area contributed by atoms with E-state index in [1.165, 1.54) is 0 Å². The molecule has 0 atom stereocenters. The van der Waals surface area contributed by atoms with E-state index in [9.17, 15) is 1.37 Å². The van der Waals surface area contributed by atoms with Crippen LogP contribution in [0.2, 0.25) is 0 Å². The molecule has 0 N–H and O–H groups in total. The summed E-state index contributed by atoms with van der Waals surface area (Å²) in [5.74, 6) is 0. The lowest BCUT2D eigenvalue weighted by Crippen LogP contribution is -2.61. The third-order valence-corrected chi connectivity index (χ3v) is 17.2. The Hall–Kier alpha value is -10.9. The number of furan rings is 2. The van der Waals surface area contributed by atoms with Gasteiger partial charge in [0.05, 0.1) is 12.7 Å². The molecule has 2 aliphatic rings. The van der Waals surface area contributed by atoms with Gasteiger partial charge in [-0.2, -0.15) is 0 Å². The lowest BCUT2D eigenvalue weighted by atomic mass is 9.33. The van der Waals surface area contributed by atoms with Crippen LogP contribution >= 0.6 is 0 Å². The number of fused-ring (bicyclic) bond motifs is 10. The van der Waals surface area contributed by atoms with Crippen molar-refractivity contribution >= 4 is 101 Å². The second-order valence-corrected chi connectivity index (χ2v) is 21.7. The predicted molar refractivity (Wildman–Crippen MR) is 348 cm³/mol. The largest absolute Gasteiger partial charge is 0.455 e. The Bertz CT molecular complexity index is 4680.